The first-order chi connectivity index (χ1) is 18.4. The quantitative estimate of drug-likeness (QED) is 0.397. The van der Waals surface area contributed by atoms with Gasteiger partial charge in [0.15, 0.2) is 11.2 Å². The summed E-state index contributed by atoms with van der Waals surface area (Å²) < 4.78 is 3.38. The van der Waals surface area contributed by atoms with Gasteiger partial charge in [0.2, 0.25) is 11.9 Å². The zero-order valence-corrected chi connectivity index (χ0v) is 20.8. The van der Waals surface area contributed by atoms with E-state index in [1.54, 1.807) is 31.5 Å². The van der Waals surface area contributed by atoms with Crippen LogP contribution in [0.2, 0.25) is 0 Å². The van der Waals surface area contributed by atoms with Crippen LogP contribution >= 0.6 is 0 Å². The second-order valence-corrected chi connectivity index (χ2v) is 9.72. The number of piperidine rings is 1. The highest BCUT2D eigenvalue weighted by Gasteiger charge is 2.45. The van der Waals surface area contributed by atoms with E-state index in [9.17, 15) is 14.4 Å². The molecule has 0 aromatic carbocycles. The van der Waals surface area contributed by atoms with Gasteiger partial charge in [0.05, 0.1) is 18.1 Å². The van der Waals surface area contributed by atoms with Crippen LogP contribution in [0.4, 0.5) is 11.8 Å². The monoisotopic (exact) mass is 512 g/mol. The molecule has 13 heteroatoms. The number of anilines is 2. The number of amides is 1. The Bertz CT molecular complexity index is 1720. The molecule has 1 amide bonds. The molecule has 0 spiro atoms. The number of rotatable bonds is 6. The second kappa shape index (κ2) is 8.91. The fourth-order valence-corrected chi connectivity index (χ4v) is 4.99. The molecule has 1 N–H and O–H groups in total. The van der Waals surface area contributed by atoms with Gasteiger partial charge in [-0.1, -0.05) is 6.07 Å². The van der Waals surface area contributed by atoms with Gasteiger partial charge in [-0.2, -0.15) is 5.26 Å². The summed E-state index contributed by atoms with van der Waals surface area (Å²) in [4.78, 5) is 58.5. The highest BCUT2D eigenvalue weighted by Crippen LogP contribution is 2.45. The molecular formula is C25H24N10O3. The fraction of sp³-hybridized carbons (Fsp3) is 0.360. The Morgan fingerprint density at radius 1 is 1.18 bits per heavy atom. The minimum absolute atomic E-state index is 0.0549. The Morgan fingerprint density at radius 3 is 2.63 bits per heavy atom. The van der Waals surface area contributed by atoms with E-state index < -0.39 is 29.7 Å². The van der Waals surface area contributed by atoms with Crippen molar-refractivity contribution in [1.29, 1.82) is 5.26 Å². The highest BCUT2D eigenvalue weighted by molar-refractivity contribution is 5.93. The lowest BCUT2D eigenvalue weighted by Gasteiger charge is -2.17. The Kier molecular flexibility index (Phi) is 5.52. The predicted octanol–water partition coefficient (Wildman–Crippen LogP) is 0.928. The summed E-state index contributed by atoms with van der Waals surface area (Å²) in [5.41, 5.74) is 0.177. The summed E-state index contributed by atoms with van der Waals surface area (Å²) >= 11 is 0. The van der Waals surface area contributed by atoms with Crippen LogP contribution in [0.1, 0.15) is 19.4 Å². The predicted molar refractivity (Wildman–Crippen MR) is 137 cm³/mol. The van der Waals surface area contributed by atoms with Gasteiger partial charge in [-0.25, -0.2) is 29.3 Å². The van der Waals surface area contributed by atoms with Crippen molar-refractivity contribution in [2.24, 2.45) is 18.9 Å². The summed E-state index contributed by atoms with van der Waals surface area (Å²) in [5.74, 6) is 2.18. The van der Waals surface area contributed by atoms with Crippen LogP contribution in [0, 0.1) is 23.2 Å². The minimum Gasteiger partial charge on any atom is -0.340 e. The third-order valence-electron chi connectivity index (χ3n) is 7.28. The number of imidazole rings is 1. The van der Waals surface area contributed by atoms with Gasteiger partial charge in [-0.05, 0) is 37.3 Å². The van der Waals surface area contributed by atoms with E-state index in [0.717, 1.165) is 41.0 Å². The van der Waals surface area contributed by atoms with Crippen molar-refractivity contribution in [2.45, 2.75) is 25.9 Å². The molecule has 4 aromatic heterocycles. The van der Waals surface area contributed by atoms with Crippen molar-refractivity contribution >= 4 is 28.8 Å². The van der Waals surface area contributed by atoms with Crippen molar-refractivity contribution in [3.63, 3.8) is 0 Å². The normalized spacial score (nSPS) is 18.7. The number of nitrogens with zero attached hydrogens (tertiary/aromatic N) is 9. The molecule has 6 rings (SSSR count). The average molecular weight is 513 g/mol. The number of hydrogen-bond acceptors (Lipinski definition) is 9. The standard InChI is InChI=1S/C25H24N10O3/c1-14(35-13-29-21-20(35)23(37)34(7-6-26)25(38)32(21)2)22(36)31-19-5-3-4-18(30-19)17-9-27-24(28-10-17)33-11-15-8-16(15)12-33/h3-5,9-10,13-16H,7-8,11-12H2,1-2H3,(H,30,31,36). The van der Waals surface area contributed by atoms with Gasteiger partial charge in [-0.15, -0.1) is 0 Å². The molecule has 192 valence electrons. The summed E-state index contributed by atoms with van der Waals surface area (Å²) in [7, 11) is 1.46. The third-order valence-corrected chi connectivity index (χ3v) is 7.28. The fourth-order valence-electron chi connectivity index (χ4n) is 4.99. The smallest absolute Gasteiger partial charge is 0.333 e. The van der Waals surface area contributed by atoms with Crippen LogP contribution in [-0.4, -0.2) is 52.6 Å². The summed E-state index contributed by atoms with van der Waals surface area (Å²) in [6, 6.07) is 6.20. The maximum atomic E-state index is 13.1. The van der Waals surface area contributed by atoms with Gasteiger partial charge >= 0.3 is 5.69 Å². The molecule has 1 saturated heterocycles. The summed E-state index contributed by atoms with van der Waals surface area (Å²) in [5, 5.41) is 11.8. The highest BCUT2D eigenvalue weighted by atomic mass is 16.2. The second-order valence-electron chi connectivity index (χ2n) is 9.72. The van der Waals surface area contributed by atoms with Gasteiger partial charge in [0.25, 0.3) is 5.56 Å². The molecule has 4 aromatic rings. The molecule has 0 radical (unpaired) electrons. The van der Waals surface area contributed by atoms with Crippen molar-refractivity contribution in [1.82, 2.24) is 33.6 Å². The van der Waals surface area contributed by atoms with E-state index in [1.807, 2.05) is 12.1 Å². The van der Waals surface area contributed by atoms with Crippen LogP contribution in [0.3, 0.4) is 0 Å². The van der Waals surface area contributed by atoms with Crippen molar-refractivity contribution in [3.05, 3.63) is 57.8 Å². The number of aryl methyl sites for hydroxylation is 1. The topological polar surface area (TPSA) is 157 Å². The number of nitrogens with one attached hydrogen (secondary N) is 1. The summed E-state index contributed by atoms with van der Waals surface area (Å²) in [6.07, 6.45) is 6.11. The van der Waals surface area contributed by atoms with Crippen LogP contribution in [0.15, 0.2) is 46.5 Å². The summed E-state index contributed by atoms with van der Waals surface area (Å²) in [6.45, 7) is 3.22. The van der Waals surface area contributed by atoms with Gasteiger partial charge in [0.1, 0.15) is 18.4 Å². The molecule has 3 unspecified atom stereocenters. The lowest BCUT2D eigenvalue weighted by Crippen LogP contribution is -2.40. The third kappa shape index (κ3) is 3.90. The van der Waals surface area contributed by atoms with Gasteiger partial charge < -0.3 is 14.8 Å². The number of nitriles is 1. The molecule has 1 saturated carbocycles. The molecular weight excluding hydrogens is 488 g/mol. The SMILES string of the molecule is CC(C(=O)Nc1cccc(-c2cnc(N3CC4CC4C3)nc2)n1)n1cnc2c1c(=O)n(CC#N)c(=O)n2C. The molecule has 2 fully saturated rings. The van der Waals surface area contributed by atoms with E-state index in [2.05, 4.69) is 30.2 Å². The number of hydrogen-bond donors (Lipinski definition) is 1. The van der Waals surface area contributed by atoms with Crippen LogP contribution in [0.5, 0.6) is 0 Å². The number of pyridine rings is 1. The first kappa shape index (κ1) is 23.5. The average Bonchev–Trinajstić information content (AvgIpc) is 3.32. The maximum absolute atomic E-state index is 13.1. The number of carbonyl (C=O) groups excluding carboxylic acids is 1. The molecule has 38 heavy (non-hydrogen) atoms. The first-order valence-electron chi connectivity index (χ1n) is 12.2. The first-order valence-corrected chi connectivity index (χ1v) is 12.2. The van der Waals surface area contributed by atoms with E-state index >= 15 is 0 Å². The van der Waals surface area contributed by atoms with Crippen molar-refractivity contribution in [2.75, 3.05) is 23.3 Å². The lowest BCUT2D eigenvalue weighted by molar-refractivity contribution is -0.118. The van der Waals surface area contributed by atoms with E-state index in [4.69, 9.17) is 5.26 Å². The molecule has 5 heterocycles. The van der Waals surface area contributed by atoms with Gasteiger partial charge in [-0.3, -0.25) is 14.2 Å². The van der Waals surface area contributed by atoms with Crippen molar-refractivity contribution in [3.8, 4) is 17.3 Å². The number of fused-ring (bicyclic) bond motifs is 2. The molecule has 13 nitrogen and oxygen atoms in total. The van der Waals surface area contributed by atoms with E-state index in [1.165, 1.54) is 28.9 Å². The van der Waals surface area contributed by atoms with Crippen LogP contribution in [-0.2, 0) is 18.4 Å². The zero-order valence-electron chi connectivity index (χ0n) is 20.8. The molecule has 3 atom stereocenters. The lowest BCUT2D eigenvalue weighted by atomic mass is 10.2. The van der Waals surface area contributed by atoms with Crippen LogP contribution in [0.25, 0.3) is 22.4 Å². The molecule has 1 aliphatic carbocycles. The van der Waals surface area contributed by atoms with E-state index in [0.29, 0.717) is 11.5 Å². The Labute approximate surface area is 216 Å². The van der Waals surface area contributed by atoms with Crippen molar-refractivity contribution < 1.29 is 4.79 Å². The minimum atomic E-state index is -0.861. The number of aromatic nitrogens is 7. The molecule has 1 aliphatic heterocycles. The maximum Gasteiger partial charge on any atom is 0.333 e. The Morgan fingerprint density at radius 2 is 1.92 bits per heavy atom. The zero-order chi connectivity index (χ0) is 26.6. The molecule has 0 bridgehead atoms. The number of carbonyl (C=O) groups is 1. The largest absolute Gasteiger partial charge is 0.340 e. The Balaban J connectivity index is 1.23. The Hall–Kier alpha value is -4.86. The van der Waals surface area contributed by atoms with Gasteiger partial charge in [0, 0.05) is 38.1 Å². The van der Waals surface area contributed by atoms with Crippen LogP contribution < -0.4 is 21.5 Å². The van der Waals surface area contributed by atoms with E-state index in [-0.39, 0.29) is 11.2 Å². The molecule has 2 aliphatic rings.